The fraction of sp³-hybridized carbons (Fsp3) is 0.400. The van der Waals surface area contributed by atoms with Crippen LogP contribution in [0, 0.1) is 0 Å². The van der Waals surface area contributed by atoms with Gasteiger partial charge < -0.3 is 24.8 Å². The number of methoxy groups -OCH3 is 3. The molecule has 0 spiro atoms. The van der Waals surface area contributed by atoms with Crippen LogP contribution in [0.1, 0.15) is 40.1 Å². The maximum atomic E-state index is 12.4. The Morgan fingerprint density at radius 1 is 1.00 bits per heavy atom. The highest BCUT2D eigenvalue weighted by Crippen LogP contribution is 2.38. The summed E-state index contributed by atoms with van der Waals surface area (Å²) in [6, 6.07) is 5.43. The first-order chi connectivity index (χ1) is 13.5. The average molecular weight is 421 g/mol. The summed E-state index contributed by atoms with van der Waals surface area (Å²) in [7, 11) is 4.60. The number of carbonyl (C=O) groups excluding carboxylic acids is 1. The Morgan fingerprint density at radius 2 is 1.68 bits per heavy atom. The maximum absolute atomic E-state index is 12.4. The van der Waals surface area contributed by atoms with Crippen LogP contribution in [0.2, 0.25) is 0 Å². The van der Waals surface area contributed by atoms with Gasteiger partial charge in [-0.15, -0.1) is 11.3 Å². The SMILES string of the molecule is COC(=O)c1c(NC(=S)Nc2cc(OC)cc(OC)c2)sc2c1CCCCC2. The number of benzene rings is 1. The summed E-state index contributed by atoms with van der Waals surface area (Å²) in [4.78, 5) is 13.7. The molecule has 6 nitrogen and oxygen atoms in total. The predicted octanol–water partition coefficient (Wildman–Crippen LogP) is 4.63. The third-order valence-electron chi connectivity index (χ3n) is 4.65. The zero-order valence-electron chi connectivity index (χ0n) is 16.2. The molecule has 0 bridgehead atoms. The normalized spacial score (nSPS) is 13.1. The predicted molar refractivity (Wildman–Crippen MR) is 116 cm³/mol. The Hall–Kier alpha value is -2.32. The molecule has 1 heterocycles. The third-order valence-corrected chi connectivity index (χ3v) is 6.06. The van der Waals surface area contributed by atoms with Gasteiger partial charge >= 0.3 is 5.97 Å². The van der Waals surface area contributed by atoms with E-state index in [-0.39, 0.29) is 5.97 Å². The molecule has 28 heavy (non-hydrogen) atoms. The van der Waals surface area contributed by atoms with Crippen molar-refractivity contribution in [2.45, 2.75) is 32.1 Å². The monoisotopic (exact) mass is 420 g/mol. The quantitative estimate of drug-likeness (QED) is 0.415. The number of thiophene rings is 1. The molecule has 1 aliphatic carbocycles. The Balaban J connectivity index is 1.83. The minimum Gasteiger partial charge on any atom is -0.497 e. The van der Waals surface area contributed by atoms with Crippen molar-refractivity contribution in [2.24, 2.45) is 0 Å². The molecule has 0 unspecified atom stereocenters. The van der Waals surface area contributed by atoms with E-state index in [0.717, 1.165) is 41.9 Å². The van der Waals surface area contributed by atoms with Crippen LogP contribution < -0.4 is 20.1 Å². The molecule has 0 amide bonds. The van der Waals surface area contributed by atoms with Gasteiger partial charge in [-0.25, -0.2) is 4.79 Å². The summed E-state index contributed by atoms with van der Waals surface area (Å²) >= 11 is 7.06. The lowest BCUT2D eigenvalue weighted by Crippen LogP contribution is -2.20. The number of hydrogen-bond donors (Lipinski definition) is 2. The Labute approximate surface area is 174 Å². The number of aryl methyl sites for hydroxylation is 1. The van der Waals surface area contributed by atoms with Gasteiger partial charge in [0.1, 0.15) is 16.5 Å². The van der Waals surface area contributed by atoms with Crippen LogP contribution in [0.3, 0.4) is 0 Å². The van der Waals surface area contributed by atoms with Gasteiger partial charge in [0.2, 0.25) is 0 Å². The first kappa shape index (κ1) is 20.4. The average Bonchev–Trinajstić information content (AvgIpc) is 2.86. The standard InChI is InChI=1S/C20H24N2O4S2/c1-24-13-9-12(10-14(11-13)25-2)21-20(27)22-18-17(19(23)26-3)15-7-5-4-6-8-16(15)28-18/h9-11H,4-8H2,1-3H3,(H2,21,22,27). The van der Waals surface area contributed by atoms with E-state index in [0.29, 0.717) is 22.2 Å². The molecule has 0 atom stereocenters. The van der Waals surface area contributed by atoms with Crippen LogP contribution in [0.25, 0.3) is 0 Å². The van der Waals surface area contributed by atoms with Crippen molar-refractivity contribution < 1.29 is 19.0 Å². The topological polar surface area (TPSA) is 68.8 Å². The molecule has 2 aromatic rings. The van der Waals surface area contributed by atoms with E-state index >= 15 is 0 Å². The summed E-state index contributed by atoms with van der Waals surface area (Å²) in [5.74, 6) is 0.984. The van der Waals surface area contributed by atoms with E-state index < -0.39 is 0 Å². The van der Waals surface area contributed by atoms with Crippen LogP contribution >= 0.6 is 23.6 Å². The highest BCUT2D eigenvalue weighted by Gasteiger charge is 2.25. The molecule has 1 aromatic carbocycles. The summed E-state index contributed by atoms with van der Waals surface area (Å²) in [5, 5.41) is 7.43. The van der Waals surface area contributed by atoms with Gasteiger partial charge in [0.15, 0.2) is 5.11 Å². The third kappa shape index (κ3) is 4.56. The molecule has 1 aromatic heterocycles. The van der Waals surface area contributed by atoms with Gasteiger partial charge in [-0.1, -0.05) is 6.42 Å². The van der Waals surface area contributed by atoms with Gasteiger partial charge in [0, 0.05) is 28.8 Å². The second-order valence-electron chi connectivity index (χ2n) is 6.44. The highest BCUT2D eigenvalue weighted by molar-refractivity contribution is 7.80. The molecule has 1 aliphatic rings. The first-order valence-corrected chi connectivity index (χ1v) is 10.3. The number of fused-ring (bicyclic) bond motifs is 1. The Bertz CT molecular complexity index is 857. The molecule has 3 rings (SSSR count). The van der Waals surface area contributed by atoms with E-state index in [2.05, 4.69) is 10.6 Å². The summed E-state index contributed by atoms with van der Waals surface area (Å²) in [6.07, 6.45) is 5.28. The van der Waals surface area contributed by atoms with Gasteiger partial charge in [-0.2, -0.15) is 0 Å². The lowest BCUT2D eigenvalue weighted by molar-refractivity contribution is 0.0601. The van der Waals surface area contributed by atoms with Crippen molar-refractivity contribution in [3.05, 3.63) is 34.2 Å². The van der Waals surface area contributed by atoms with Crippen molar-refractivity contribution in [2.75, 3.05) is 32.0 Å². The molecule has 0 fully saturated rings. The molecule has 8 heteroatoms. The number of carbonyl (C=O) groups is 1. The van der Waals surface area contributed by atoms with Crippen LogP contribution in [0.15, 0.2) is 18.2 Å². The van der Waals surface area contributed by atoms with Crippen molar-refractivity contribution in [1.29, 1.82) is 0 Å². The Morgan fingerprint density at radius 3 is 2.32 bits per heavy atom. The highest BCUT2D eigenvalue weighted by atomic mass is 32.1. The number of rotatable bonds is 5. The van der Waals surface area contributed by atoms with Crippen molar-refractivity contribution in [3.8, 4) is 11.5 Å². The Kier molecular flexibility index (Phi) is 6.74. The molecule has 0 radical (unpaired) electrons. The van der Waals surface area contributed by atoms with Crippen LogP contribution in [-0.2, 0) is 17.6 Å². The molecular formula is C20H24N2O4S2. The first-order valence-electron chi connectivity index (χ1n) is 9.09. The minimum absolute atomic E-state index is 0.326. The largest absolute Gasteiger partial charge is 0.497 e. The zero-order valence-corrected chi connectivity index (χ0v) is 17.9. The molecule has 0 saturated carbocycles. The number of esters is 1. The van der Waals surface area contributed by atoms with E-state index in [9.17, 15) is 4.79 Å². The van der Waals surface area contributed by atoms with Gasteiger partial charge in [-0.05, 0) is 43.5 Å². The molecule has 0 saturated heterocycles. The van der Waals surface area contributed by atoms with E-state index in [1.54, 1.807) is 31.6 Å². The summed E-state index contributed by atoms with van der Waals surface area (Å²) < 4.78 is 15.6. The second-order valence-corrected chi connectivity index (χ2v) is 7.95. The molecular weight excluding hydrogens is 396 g/mol. The second kappa shape index (κ2) is 9.25. The van der Waals surface area contributed by atoms with Gasteiger partial charge in [0.25, 0.3) is 0 Å². The number of nitrogens with one attached hydrogen (secondary N) is 2. The maximum Gasteiger partial charge on any atom is 0.341 e. The number of thiocarbonyl (C=S) groups is 1. The number of ether oxygens (including phenoxy) is 3. The van der Waals surface area contributed by atoms with Gasteiger partial charge in [0.05, 0.1) is 26.9 Å². The molecule has 150 valence electrons. The van der Waals surface area contributed by atoms with E-state index in [1.165, 1.54) is 18.4 Å². The fourth-order valence-electron chi connectivity index (χ4n) is 3.29. The van der Waals surface area contributed by atoms with Crippen molar-refractivity contribution in [3.63, 3.8) is 0 Å². The van der Waals surface area contributed by atoms with Crippen molar-refractivity contribution in [1.82, 2.24) is 0 Å². The van der Waals surface area contributed by atoms with Crippen molar-refractivity contribution >= 4 is 45.3 Å². The fourth-order valence-corrected chi connectivity index (χ4v) is 4.86. The zero-order chi connectivity index (χ0) is 20.1. The summed E-state index contributed by atoms with van der Waals surface area (Å²) in [6.45, 7) is 0. The van der Waals surface area contributed by atoms with Crippen LogP contribution in [0.5, 0.6) is 11.5 Å². The lowest BCUT2D eigenvalue weighted by atomic mass is 10.1. The summed E-state index contributed by atoms with van der Waals surface area (Å²) in [5.41, 5.74) is 2.44. The lowest BCUT2D eigenvalue weighted by Gasteiger charge is -2.13. The number of anilines is 2. The molecule has 0 aliphatic heterocycles. The minimum atomic E-state index is -0.326. The molecule has 2 N–H and O–H groups in total. The van der Waals surface area contributed by atoms with E-state index in [1.807, 2.05) is 12.1 Å². The van der Waals surface area contributed by atoms with Crippen LogP contribution in [0.4, 0.5) is 10.7 Å². The van der Waals surface area contributed by atoms with Crippen LogP contribution in [-0.4, -0.2) is 32.4 Å². The van der Waals surface area contributed by atoms with E-state index in [4.69, 9.17) is 26.4 Å². The van der Waals surface area contributed by atoms with Gasteiger partial charge in [-0.3, -0.25) is 0 Å². The smallest absolute Gasteiger partial charge is 0.341 e. The number of hydrogen-bond acceptors (Lipinski definition) is 6.